The quantitative estimate of drug-likeness (QED) is 0.635. The number of nitrogens with one attached hydrogen (secondary N) is 1. The Kier molecular flexibility index (Phi) is 5.74. The summed E-state index contributed by atoms with van der Waals surface area (Å²) in [6.45, 7) is 5.13. The second kappa shape index (κ2) is 8.00. The van der Waals surface area contributed by atoms with Crippen LogP contribution in [0.25, 0.3) is 10.1 Å². The maximum Gasteiger partial charge on any atom is 0.119 e. The van der Waals surface area contributed by atoms with Crippen molar-refractivity contribution in [3.05, 3.63) is 65.5 Å². The van der Waals surface area contributed by atoms with Crippen molar-refractivity contribution in [2.75, 3.05) is 13.2 Å². The molecule has 1 unspecified atom stereocenters. The second-order valence-electron chi connectivity index (χ2n) is 6.97. The molecule has 3 nitrogen and oxygen atoms in total. The van der Waals surface area contributed by atoms with Gasteiger partial charge in [-0.15, -0.1) is 11.3 Å². The molecule has 0 aliphatic carbocycles. The van der Waals surface area contributed by atoms with Crippen molar-refractivity contribution in [3.63, 3.8) is 0 Å². The van der Waals surface area contributed by atoms with E-state index in [4.69, 9.17) is 4.74 Å². The third-order valence-corrected chi connectivity index (χ3v) is 5.21. The third-order valence-electron chi connectivity index (χ3n) is 4.09. The lowest BCUT2D eigenvalue weighted by Crippen LogP contribution is -2.46. The summed E-state index contributed by atoms with van der Waals surface area (Å²) in [5.74, 6) is 0.783. The van der Waals surface area contributed by atoms with E-state index in [0.29, 0.717) is 6.54 Å². The van der Waals surface area contributed by atoms with Crippen molar-refractivity contribution in [1.82, 2.24) is 5.32 Å². The van der Waals surface area contributed by atoms with Crippen molar-refractivity contribution in [1.29, 1.82) is 0 Å². The smallest absolute Gasteiger partial charge is 0.119 e. The van der Waals surface area contributed by atoms with Crippen molar-refractivity contribution < 1.29 is 9.84 Å². The van der Waals surface area contributed by atoms with Gasteiger partial charge in [-0.2, -0.15) is 0 Å². The van der Waals surface area contributed by atoms with Crippen LogP contribution < -0.4 is 10.1 Å². The monoisotopic (exact) mass is 355 g/mol. The number of para-hydroxylation sites is 1. The summed E-state index contributed by atoms with van der Waals surface area (Å²) in [7, 11) is 0. The van der Waals surface area contributed by atoms with Crippen LogP contribution >= 0.6 is 11.3 Å². The molecule has 4 heteroatoms. The molecule has 0 spiro atoms. The van der Waals surface area contributed by atoms with Crippen LogP contribution in [0.2, 0.25) is 0 Å². The lowest BCUT2D eigenvalue weighted by Gasteiger charge is -2.27. The molecule has 0 saturated heterocycles. The number of fused-ring (bicyclic) bond motifs is 1. The Hall–Kier alpha value is -1.88. The van der Waals surface area contributed by atoms with E-state index in [1.165, 1.54) is 15.0 Å². The fourth-order valence-corrected chi connectivity index (χ4v) is 4.08. The number of benzene rings is 2. The van der Waals surface area contributed by atoms with Crippen LogP contribution in [-0.4, -0.2) is 29.9 Å². The fourth-order valence-electron chi connectivity index (χ4n) is 2.78. The van der Waals surface area contributed by atoms with Crippen LogP contribution in [0.1, 0.15) is 18.7 Å². The van der Waals surface area contributed by atoms with Gasteiger partial charge in [0.25, 0.3) is 0 Å². The molecule has 2 N–H and O–H groups in total. The van der Waals surface area contributed by atoms with Gasteiger partial charge in [0.2, 0.25) is 0 Å². The largest absolute Gasteiger partial charge is 0.491 e. The number of β-amino-alcohol motifs (C(OH)–C–C–N with tert-alkyl or cyclic N) is 1. The Labute approximate surface area is 153 Å². The van der Waals surface area contributed by atoms with Gasteiger partial charge < -0.3 is 15.2 Å². The molecule has 0 aliphatic rings. The molecular weight excluding hydrogens is 330 g/mol. The van der Waals surface area contributed by atoms with E-state index in [-0.39, 0.29) is 12.1 Å². The summed E-state index contributed by atoms with van der Waals surface area (Å²) in [6.07, 6.45) is 0.389. The highest BCUT2D eigenvalue weighted by Gasteiger charge is 2.20. The first-order chi connectivity index (χ1) is 12.0. The SMILES string of the molecule is CC(C)(Cc1cc2ccccc2s1)NCC(O)COc1ccccc1. The highest BCUT2D eigenvalue weighted by molar-refractivity contribution is 7.19. The first-order valence-corrected chi connectivity index (χ1v) is 9.42. The highest BCUT2D eigenvalue weighted by Crippen LogP contribution is 2.28. The minimum atomic E-state index is -0.540. The average Bonchev–Trinajstić information content (AvgIpc) is 3.00. The summed E-state index contributed by atoms with van der Waals surface area (Å²) in [5.41, 5.74) is -0.0887. The molecule has 132 valence electrons. The second-order valence-corrected chi connectivity index (χ2v) is 8.14. The van der Waals surface area contributed by atoms with E-state index < -0.39 is 6.10 Å². The van der Waals surface area contributed by atoms with Gasteiger partial charge in [-0.05, 0) is 49.9 Å². The number of thiophene rings is 1. The van der Waals surface area contributed by atoms with Gasteiger partial charge in [0.15, 0.2) is 0 Å². The molecule has 1 atom stereocenters. The Bertz CT molecular complexity index is 765. The molecule has 0 bridgehead atoms. The maximum atomic E-state index is 10.2. The number of aliphatic hydroxyl groups excluding tert-OH is 1. The maximum absolute atomic E-state index is 10.2. The van der Waals surface area contributed by atoms with Crippen LogP contribution in [0.15, 0.2) is 60.7 Å². The molecule has 2 aromatic carbocycles. The zero-order valence-electron chi connectivity index (χ0n) is 14.7. The Morgan fingerprint density at radius 3 is 2.56 bits per heavy atom. The third kappa shape index (κ3) is 5.30. The summed E-state index contributed by atoms with van der Waals surface area (Å²) in [6, 6.07) is 20.3. The number of aliphatic hydroxyl groups is 1. The first-order valence-electron chi connectivity index (χ1n) is 8.60. The normalized spacial score (nSPS) is 13.1. The van der Waals surface area contributed by atoms with Crippen molar-refractivity contribution in [3.8, 4) is 5.75 Å². The van der Waals surface area contributed by atoms with E-state index in [0.717, 1.165) is 12.2 Å². The van der Waals surface area contributed by atoms with E-state index in [1.807, 2.05) is 41.7 Å². The van der Waals surface area contributed by atoms with Crippen LogP contribution in [0.3, 0.4) is 0 Å². The van der Waals surface area contributed by atoms with Crippen molar-refractivity contribution in [2.24, 2.45) is 0 Å². The average molecular weight is 356 g/mol. The number of ether oxygens (including phenoxy) is 1. The molecule has 0 aliphatic heterocycles. The highest BCUT2D eigenvalue weighted by atomic mass is 32.1. The molecular formula is C21H25NO2S. The number of hydrogen-bond donors (Lipinski definition) is 2. The summed E-state index contributed by atoms with van der Waals surface area (Å²) >= 11 is 1.84. The summed E-state index contributed by atoms with van der Waals surface area (Å²) < 4.78 is 6.93. The summed E-state index contributed by atoms with van der Waals surface area (Å²) in [5, 5.41) is 14.9. The number of rotatable bonds is 8. The number of hydrogen-bond acceptors (Lipinski definition) is 4. The van der Waals surface area contributed by atoms with Crippen molar-refractivity contribution in [2.45, 2.75) is 31.9 Å². The Morgan fingerprint density at radius 2 is 1.80 bits per heavy atom. The Balaban J connectivity index is 1.49. The summed E-state index contributed by atoms with van der Waals surface area (Å²) in [4.78, 5) is 1.36. The molecule has 0 fully saturated rings. The first kappa shape index (κ1) is 17.9. The van der Waals surface area contributed by atoms with Gasteiger partial charge in [0.05, 0.1) is 0 Å². The topological polar surface area (TPSA) is 41.5 Å². The zero-order valence-corrected chi connectivity index (χ0v) is 15.6. The van der Waals surface area contributed by atoms with Crippen LogP contribution in [0, 0.1) is 0 Å². The van der Waals surface area contributed by atoms with Gasteiger partial charge in [-0.25, -0.2) is 0 Å². The van der Waals surface area contributed by atoms with E-state index in [2.05, 4.69) is 49.5 Å². The predicted molar refractivity (Wildman–Crippen MR) is 106 cm³/mol. The standard InChI is InChI=1S/C21H25NO2S/c1-21(2,13-19-12-16-8-6-7-11-20(16)25-19)22-14-17(23)15-24-18-9-4-3-5-10-18/h3-12,17,22-23H,13-15H2,1-2H3. The lowest BCUT2D eigenvalue weighted by molar-refractivity contribution is 0.0989. The molecule has 25 heavy (non-hydrogen) atoms. The predicted octanol–water partition coefficient (Wildman–Crippen LogP) is 4.25. The van der Waals surface area contributed by atoms with Crippen molar-refractivity contribution >= 4 is 21.4 Å². The fraction of sp³-hybridized carbons (Fsp3) is 0.333. The minimum Gasteiger partial charge on any atom is -0.491 e. The lowest BCUT2D eigenvalue weighted by atomic mass is 9.99. The van der Waals surface area contributed by atoms with Gasteiger partial charge >= 0.3 is 0 Å². The molecule has 3 aromatic rings. The van der Waals surface area contributed by atoms with Gasteiger partial charge in [0, 0.05) is 21.7 Å². The van der Waals surface area contributed by atoms with Gasteiger partial charge in [-0.3, -0.25) is 0 Å². The molecule has 1 heterocycles. The van der Waals surface area contributed by atoms with Crippen LogP contribution in [-0.2, 0) is 6.42 Å². The molecule has 0 saturated carbocycles. The van der Waals surface area contributed by atoms with E-state index in [1.54, 1.807) is 0 Å². The molecule has 0 radical (unpaired) electrons. The van der Waals surface area contributed by atoms with Gasteiger partial charge in [-0.1, -0.05) is 36.4 Å². The van der Waals surface area contributed by atoms with Gasteiger partial charge in [0.1, 0.15) is 18.5 Å². The van der Waals surface area contributed by atoms with E-state index >= 15 is 0 Å². The van der Waals surface area contributed by atoms with E-state index in [9.17, 15) is 5.11 Å². The molecule has 3 rings (SSSR count). The Morgan fingerprint density at radius 1 is 1.08 bits per heavy atom. The van der Waals surface area contributed by atoms with Crippen LogP contribution in [0.5, 0.6) is 5.75 Å². The zero-order chi connectivity index (χ0) is 17.7. The minimum absolute atomic E-state index is 0.0887. The molecule has 1 aromatic heterocycles. The molecule has 0 amide bonds. The van der Waals surface area contributed by atoms with Crippen LogP contribution in [0.4, 0.5) is 0 Å².